The van der Waals surface area contributed by atoms with E-state index in [0.717, 1.165) is 18.3 Å². The number of aromatic nitrogens is 1. The molecule has 1 aromatic carbocycles. The monoisotopic (exact) mass is 378 g/mol. The molecule has 0 saturated carbocycles. The van der Waals surface area contributed by atoms with Gasteiger partial charge in [0.2, 0.25) is 0 Å². The lowest BCUT2D eigenvalue weighted by Gasteiger charge is -2.07. The van der Waals surface area contributed by atoms with Gasteiger partial charge >= 0.3 is 0 Å². The Morgan fingerprint density at radius 2 is 2.08 bits per heavy atom. The topological polar surface area (TPSA) is 132 Å². The van der Waals surface area contributed by atoms with Gasteiger partial charge in [-0.05, 0) is 30.3 Å². The standard InChI is InChI=1S/C15H11ClN4O4S/c16-14-13(5-2-6-18-14)19-9-10(8-17)15(21)20-11-3-1-4-12(7-11)25(22,23)24/h1-7,9,19H,(H,20,21)(H,22,23,24)/b10-9-. The zero-order valence-corrected chi connectivity index (χ0v) is 14.0. The molecular weight excluding hydrogens is 368 g/mol. The van der Waals surface area contributed by atoms with Crippen molar-refractivity contribution in [2.45, 2.75) is 4.90 Å². The minimum atomic E-state index is -4.40. The Balaban J connectivity index is 2.17. The van der Waals surface area contributed by atoms with Gasteiger partial charge in [0.1, 0.15) is 11.6 Å². The molecule has 0 aliphatic carbocycles. The van der Waals surface area contributed by atoms with Crippen LogP contribution in [0.3, 0.4) is 0 Å². The lowest BCUT2D eigenvalue weighted by molar-refractivity contribution is -0.112. The number of amides is 1. The second kappa shape index (κ2) is 7.76. The normalized spacial score (nSPS) is 11.5. The van der Waals surface area contributed by atoms with E-state index in [1.807, 2.05) is 0 Å². The van der Waals surface area contributed by atoms with Crippen molar-refractivity contribution < 1.29 is 17.8 Å². The largest absolute Gasteiger partial charge is 0.358 e. The van der Waals surface area contributed by atoms with Gasteiger partial charge in [-0.25, -0.2) is 4.98 Å². The van der Waals surface area contributed by atoms with Crippen LogP contribution in [0.25, 0.3) is 0 Å². The number of hydrogen-bond donors (Lipinski definition) is 3. The fraction of sp³-hybridized carbons (Fsp3) is 0. The van der Waals surface area contributed by atoms with Crippen LogP contribution < -0.4 is 10.6 Å². The van der Waals surface area contributed by atoms with E-state index in [1.165, 1.54) is 18.3 Å². The van der Waals surface area contributed by atoms with Crippen molar-refractivity contribution in [1.82, 2.24) is 4.98 Å². The second-order valence-corrected chi connectivity index (χ2v) is 6.39. The Morgan fingerprint density at radius 3 is 2.72 bits per heavy atom. The number of benzene rings is 1. The number of nitriles is 1. The first-order valence-corrected chi connectivity index (χ1v) is 8.49. The van der Waals surface area contributed by atoms with Crippen LogP contribution in [-0.2, 0) is 14.9 Å². The number of carbonyl (C=O) groups excluding carboxylic acids is 1. The van der Waals surface area contributed by atoms with Crippen molar-refractivity contribution in [3.63, 3.8) is 0 Å². The van der Waals surface area contributed by atoms with Gasteiger partial charge in [0.25, 0.3) is 16.0 Å². The molecule has 8 nitrogen and oxygen atoms in total. The first kappa shape index (κ1) is 18.4. The van der Waals surface area contributed by atoms with E-state index in [9.17, 15) is 13.2 Å². The highest BCUT2D eigenvalue weighted by Gasteiger charge is 2.13. The third-order valence-electron chi connectivity index (χ3n) is 2.89. The summed E-state index contributed by atoms with van der Waals surface area (Å²) in [5, 5.41) is 14.3. The average Bonchev–Trinajstić information content (AvgIpc) is 2.56. The van der Waals surface area contributed by atoms with Gasteiger partial charge in [0.15, 0.2) is 5.15 Å². The zero-order chi connectivity index (χ0) is 18.4. The molecule has 0 aliphatic heterocycles. The van der Waals surface area contributed by atoms with E-state index in [-0.39, 0.29) is 21.3 Å². The Hall–Kier alpha value is -2.93. The number of rotatable bonds is 5. The zero-order valence-electron chi connectivity index (χ0n) is 12.5. The van der Waals surface area contributed by atoms with Gasteiger partial charge in [0.05, 0.1) is 10.6 Å². The maximum absolute atomic E-state index is 12.1. The summed E-state index contributed by atoms with van der Waals surface area (Å²) in [5.74, 6) is -0.775. The quantitative estimate of drug-likeness (QED) is 0.315. The number of hydrogen-bond acceptors (Lipinski definition) is 6. The smallest absolute Gasteiger partial charge is 0.294 e. The van der Waals surface area contributed by atoms with Crippen molar-refractivity contribution in [3.05, 3.63) is 59.5 Å². The molecule has 0 unspecified atom stereocenters. The Labute approximate surface area is 148 Å². The molecule has 1 amide bonds. The van der Waals surface area contributed by atoms with Crippen molar-refractivity contribution in [3.8, 4) is 6.07 Å². The summed E-state index contributed by atoms with van der Waals surface area (Å²) < 4.78 is 31.2. The molecule has 0 saturated heterocycles. The Bertz CT molecular complexity index is 983. The van der Waals surface area contributed by atoms with Crippen molar-refractivity contribution >= 4 is 39.0 Å². The van der Waals surface area contributed by atoms with E-state index in [4.69, 9.17) is 21.4 Å². The average molecular weight is 379 g/mol. The summed E-state index contributed by atoms with van der Waals surface area (Å²) in [7, 11) is -4.40. The highest BCUT2D eigenvalue weighted by molar-refractivity contribution is 7.85. The molecule has 3 N–H and O–H groups in total. The molecule has 10 heteroatoms. The molecule has 0 aliphatic rings. The van der Waals surface area contributed by atoms with Gasteiger partial charge < -0.3 is 10.6 Å². The van der Waals surface area contributed by atoms with E-state index in [1.54, 1.807) is 18.2 Å². The lowest BCUT2D eigenvalue weighted by atomic mass is 10.2. The fourth-order valence-electron chi connectivity index (χ4n) is 1.72. The first-order chi connectivity index (χ1) is 11.8. The Kier molecular flexibility index (Phi) is 5.71. The number of anilines is 2. The van der Waals surface area contributed by atoms with E-state index in [2.05, 4.69) is 15.6 Å². The van der Waals surface area contributed by atoms with Crippen LogP contribution in [0.15, 0.2) is 59.3 Å². The summed E-state index contributed by atoms with van der Waals surface area (Å²) in [6, 6.07) is 9.91. The molecule has 1 heterocycles. The molecule has 0 bridgehead atoms. The summed E-state index contributed by atoms with van der Waals surface area (Å²) in [6.45, 7) is 0. The molecule has 1 aromatic heterocycles. The van der Waals surface area contributed by atoms with E-state index < -0.39 is 16.0 Å². The number of halogens is 1. The molecular formula is C15H11ClN4O4S. The van der Waals surface area contributed by atoms with Gasteiger partial charge in [0, 0.05) is 18.1 Å². The number of nitrogens with zero attached hydrogens (tertiary/aromatic N) is 2. The van der Waals surface area contributed by atoms with Gasteiger partial charge in [-0.1, -0.05) is 17.7 Å². The molecule has 25 heavy (non-hydrogen) atoms. The molecule has 0 fully saturated rings. The highest BCUT2D eigenvalue weighted by Crippen LogP contribution is 2.18. The molecule has 0 spiro atoms. The number of nitrogens with one attached hydrogen (secondary N) is 2. The summed E-state index contributed by atoms with van der Waals surface area (Å²) >= 11 is 5.85. The fourth-order valence-corrected chi connectivity index (χ4v) is 2.43. The molecule has 0 atom stereocenters. The van der Waals surface area contributed by atoms with Crippen LogP contribution in [-0.4, -0.2) is 23.9 Å². The minimum Gasteiger partial charge on any atom is -0.358 e. The third kappa shape index (κ3) is 5.02. The van der Waals surface area contributed by atoms with Crippen LogP contribution in [0.1, 0.15) is 0 Å². The van der Waals surface area contributed by atoms with Crippen LogP contribution >= 0.6 is 11.6 Å². The summed E-state index contributed by atoms with van der Waals surface area (Å²) in [5.41, 5.74) is 0.218. The number of carbonyl (C=O) groups is 1. The minimum absolute atomic E-state index is 0.0979. The molecule has 2 aromatic rings. The van der Waals surface area contributed by atoms with Crippen LogP contribution in [0, 0.1) is 11.3 Å². The SMILES string of the molecule is N#C/C(=C/Nc1cccnc1Cl)C(=O)Nc1cccc(S(=O)(=O)O)c1. The summed E-state index contributed by atoms with van der Waals surface area (Å²) in [4.78, 5) is 15.6. The van der Waals surface area contributed by atoms with Gasteiger partial charge in [-0.2, -0.15) is 13.7 Å². The van der Waals surface area contributed by atoms with Crippen molar-refractivity contribution in [1.29, 1.82) is 5.26 Å². The lowest BCUT2D eigenvalue weighted by Crippen LogP contribution is -2.15. The molecule has 2 rings (SSSR count). The van der Waals surface area contributed by atoms with Crippen molar-refractivity contribution in [2.24, 2.45) is 0 Å². The van der Waals surface area contributed by atoms with Crippen molar-refractivity contribution in [2.75, 3.05) is 10.6 Å². The highest BCUT2D eigenvalue weighted by atomic mass is 35.5. The van der Waals surface area contributed by atoms with E-state index >= 15 is 0 Å². The predicted octanol–water partition coefficient (Wildman–Crippen LogP) is 2.44. The maximum atomic E-state index is 12.1. The Morgan fingerprint density at radius 1 is 1.32 bits per heavy atom. The second-order valence-electron chi connectivity index (χ2n) is 4.61. The van der Waals surface area contributed by atoms with Crippen LogP contribution in [0.2, 0.25) is 5.15 Å². The first-order valence-electron chi connectivity index (χ1n) is 6.67. The van der Waals surface area contributed by atoms with Gasteiger partial charge in [-0.3, -0.25) is 9.35 Å². The van der Waals surface area contributed by atoms with Gasteiger partial charge in [-0.15, -0.1) is 0 Å². The third-order valence-corrected chi connectivity index (χ3v) is 4.04. The predicted molar refractivity (Wildman–Crippen MR) is 91.5 cm³/mol. The number of pyridine rings is 1. The molecule has 128 valence electrons. The van der Waals surface area contributed by atoms with Crippen LogP contribution in [0.4, 0.5) is 11.4 Å². The van der Waals surface area contributed by atoms with E-state index in [0.29, 0.717) is 5.69 Å². The maximum Gasteiger partial charge on any atom is 0.294 e. The summed E-state index contributed by atoms with van der Waals surface area (Å²) in [6.07, 6.45) is 2.63. The van der Waals surface area contributed by atoms with Crippen LogP contribution in [0.5, 0.6) is 0 Å². The molecule has 0 radical (unpaired) electrons.